The van der Waals surface area contributed by atoms with E-state index in [2.05, 4.69) is 51.8 Å². The molecule has 92 valence electrons. The van der Waals surface area contributed by atoms with Crippen molar-refractivity contribution in [3.05, 3.63) is 15.6 Å². The molecular weight excluding hydrogens is 216 g/mol. The van der Waals surface area contributed by atoms with E-state index in [-0.39, 0.29) is 5.41 Å². The molecule has 1 N–H and O–H groups in total. The third kappa shape index (κ3) is 3.56. The van der Waals surface area contributed by atoms with Gasteiger partial charge in [-0.1, -0.05) is 27.7 Å². The van der Waals surface area contributed by atoms with Crippen LogP contribution in [0.4, 0.5) is 0 Å². The molecule has 3 heteroatoms. The molecule has 16 heavy (non-hydrogen) atoms. The van der Waals surface area contributed by atoms with Gasteiger partial charge in [0.15, 0.2) is 0 Å². The van der Waals surface area contributed by atoms with Crippen molar-refractivity contribution in [3.8, 4) is 0 Å². The maximum absolute atomic E-state index is 4.66. The minimum absolute atomic E-state index is 0.150. The topological polar surface area (TPSA) is 24.9 Å². The van der Waals surface area contributed by atoms with Crippen LogP contribution in [-0.2, 0) is 12.0 Å². The summed E-state index contributed by atoms with van der Waals surface area (Å²) in [5.74, 6) is 0. The van der Waals surface area contributed by atoms with Crippen molar-refractivity contribution < 1.29 is 0 Å². The molecule has 2 nitrogen and oxygen atoms in total. The van der Waals surface area contributed by atoms with Gasteiger partial charge >= 0.3 is 0 Å². The third-order valence-electron chi connectivity index (χ3n) is 2.74. The Morgan fingerprint density at radius 2 is 2.00 bits per heavy atom. The van der Waals surface area contributed by atoms with Crippen LogP contribution in [0.1, 0.15) is 56.6 Å². The third-order valence-corrected chi connectivity index (χ3v) is 3.71. The van der Waals surface area contributed by atoms with Crippen LogP contribution in [0.5, 0.6) is 0 Å². The Morgan fingerprint density at radius 3 is 2.50 bits per heavy atom. The molecule has 1 aromatic heterocycles. The average molecular weight is 240 g/mol. The molecule has 1 atom stereocenters. The Balaban J connectivity index is 2.79. The largest absolute Gasteiger partial charge is 0.309 e. The summed E-state index contributed by atoms with van der Waals surface area (Å²) < 4.78 is 0. The van der Waals surface area contributed by atoms with Crippen LogP contribution in [0.2, 0.25) is 0 Å². The molecule has 0 aliphatic rings. The molecular formula is C13H24N2S. The normalized spacial score (nSPS) is 14.1. The molecule has 0 spiro atoms. The Bertz CT molecular complexity index is 336. The van der Waals surface area contributed by atoms with E-state index in [9.17, 15) is 0 Å². The van der Waals surface area contributed by atoms with Crippen molar-refractivity contribution in [2.24, 2.45) is 0 Å². The van der Waals surface area contributed by atoms with Crippen LogP contribution in [0.25, 0.3) is 0 Å². The van der Waals surface area contributed by atoms with Crippen LogP contribution >= 0.6 is 11.3 Å². The number of hydrogen-bond acceptors (Lipinski definition) is 3. The van der Waals surface area contributed by atoms with Gasteiger partial charge < -0.3 is 5.32 Å². The molecule has 1 heterocycles. The van der Waals surface area contributed by atoms with Crippen LogP contribution in [0.15, 0.2) is 0 Å². The zero-order chi connectivity index (χ0) is 12.3. The predicted molar refractivity (Wildman–Crippen MR) is 72.1 cm³/mol. The minimum Gasteiger partial charge on any atom is -0.309 e. The molecule has 1 unspecified atom stereocenters. The van der Waals surface area contributed by atoms with Gasteiger partial charge in [-0.2, -0.15) is 0 Å². The summed E-state index contributed by atoms with van der Waals surface area (Å²) in [6.07, 6.45) is 1.17. The molecule has 0 saturated heterocycles. The van der Waals surface area contributed by atoms with Gasteiger partial charge in [0.05, 0.1) is 10.7 Å². The van der Waals surface area contributed by atoms with E-state index >= 15 is 0 Å². The van der Waals surface area contributed by atoms with Gasteiger partial charge in [-0.05, 0) is 20.3 Å². The first kappa shape index (κ1) is 13.7. The monoisotopic (exact) mass is 240 g/mol. The van der Waals surface area contributed by atoms with E-state index < -0.39 is 0 Å². The van der Waals surface area contributed by atoms with Crippen molar-refractivity contribution in [2.45, 2.75) is 66.0 Å². The minimum atomic E-state index is 0.150. The summed E-state index contributed by atoms with van der Waals surface area (Å²) in [5.41, 5.74) is 1.41. The Hall–Kier alpha value is -0.410. The van der Waals surface area contributed by atoms with Gasteiger partial charge in [0.25, 0.3) is 0 Å². The van der Waals surface area contributed by atoms with E-state index in [1.54, 1.807) is 0 Å². The number of hydrogen-bond donors (Lipinski definition) is 1. The molecule has 0 radical (unpaired) electrons. The highest BCUT2D eigenvalue weighted by molar-refractivity contribution is 7.11. The van der Waals surface area contributed by atoms with Gasteiger partial charge in [0.1, 0.15) is 0 Å². The summed E-state index contributed by atoms with van der Waals surface area (Å²) in [6, 6.07) is 0.579. The SMILES string of the molecule is CCC(C)NCc1sc(C)nc1C(C)(C)C. The van der Waals surface area contributed by atoms with Crippen molar-refractivity contribution in [2.75, 3.05) is 0 Å². The zero-order valence-electron chi connectivity index (χ0n) is 11.3. The smallest absolute Gasteiger partial charge is 0.0900 e. The lowest BCUT2D eigenvalue weighted by atomic mass is 9.91. The standard InChI is InChI=1S/C13H24N2S/c1-7-9(2)14-8-11-12(13(4,5)6)15-10(3)16-11/h9,14H,7-8H2,1-6H3. The van der Waals surface area contributed by atoms with Gasteiger partial charge in [0.2, 0.25) is 0 Å². The molecule has 0 aromatic carbocycles. The van der Waals surface area contributed by atoms with E-state index in [0.29, 0.717) is 6.04 Å². The molecule has 1 aromatic rings. The number of nitrogens with zero attached hydrogens (tertiary/aromatic N) is 1. The Labute approximate surface area is 103 Å². The number of aromatic nitrogens is 1. The van der Waals surface area contributed by atoms with Crippen molar-refractivity contribution >= 4 is 11.3 Å². The first-order chi connectivity index (χ1) is 7.34. The van der Waals surface area contributed by atoms with Crippen LogP contribution < -0.4 is 5.32 Å². The summed E-state index contributed by atoms with van der Waals surface area (Å²) in [6.45, 7) is 14.2. The van der Waals surface area contributed by atoms with Crippen molar-refractivity contribution in [3.63, 3.8) is 0 Å². The maximum atomic E-state index is 4.66. The van der Waals surface area contributed by atoms with Crippen LogP contribution in [-0.4, -0.2) is 11.0 Å². The first-order valence-electron chi connectivity index (χ1n) is 6.04. The lowest BCUT2D eigenvalue weighted by Gasteiger charge is -2.18. The lowest BCUT2D eigenvalue weighted by molar-refractivity contribution is 0.520. The summed E-state index contributed by atoms with van der Waals surface area (Å²) in [4.78, 5) is 6.06. The second-order valence-electron chi connectivity index (χ2n) is 5.44. The number of rotatable bonds is 4. The maximum Gasteiger partial charge on any atom is 0.0900 e. The second kappa shape index (κ2) is 5.28. The predicted octanol–water partition coefficient (Wildman–Crippen LogP) is 3.64. The molecule has 0 amide bonds. The van der Waals surface area contributed by atoms with Gasteiger partial charge in [-0.25, -0.2) is 4.98 Å². The highest BCUT2D eigenvalue weighted by Crippen LogP contribution is 2.29. The molecule has 0 bridgehead atoms. The molecule has 1 rings (SSSR count). The fourth-order valence-corrected chi connectivity index (χ4v) is 2.68. The molecule has 0 aliphatic carbocycles. The van der Waals surface area contributed by atoms with E-state index in [4.69, 9.17) is 0 Å². The number of thiazole rings is 1. The fourth-order valence-electron chi connectivity index (χ4n) is 1.59. The zero-order valence-corrected chi connectivity index (χ0v) is 12.2. The Kier molecular flexibility index (Phi) is 4.51. The van der Waals surface area contributed by atoms with E-state index in [1.807, 2.05) is 11.3 Å². The van der Waals surface area contributed by atoms with E-state index in [1.165, 1.54) is 22.0 Å². The Morgan fingerprint density at radius 1 is 1.38 bits per heavy atom. The van der Waals surface area contributed by atoms with Crippen LogP contribution in [0.3, 0.4) is 0 Å². The summed E-state index contributed by atoms with van der Waals surface area (Å²) in [7, 11) is 0. The second-order valence-corrected chi connectivity index (χ2v) is 6.73. The van der Waals surface area contributed by atoms with Crippen LogP contribution in [0, 0.1) is 6.92 Å². The van der Waals surface area contributed by atoms with Crippen molar-refractivity contribution in [1.29, 1.82) is 0 Å². The molecule has 0 saturated carbocycles. The lowest BCUT2D eigenvalue weighted by Crippen LogP contribution is -2.25. The summed E-state index contributed by atoms with van der Waals surface area (Å²) >= 11 is 1.82. The fraction of sp³-hybridized carbons (Fsp3) is 0.769. The number of aryl methyl sites for hydroxylation is 1. The summed E-state index contributed by atoms with van der Waals surface area (Å²) in [5, 5.41) is 4.72. The highest BCUT2D eigenvalue weighted by atomic mass is 32.1. The van der Waals surface area contributed by atoms with Crippen molar-refractivity contribution in [1.82, 2.24) is 10.3 Å². The molecule has 0 fully saturated rings. The van der Waals surface area contributed by atoms with E-state index in [0.717, 1.165) is 6.54 Å². The quantitative estimate of drug-likeness (QED) is 0.869. The number of nitrogens with one attached hydrogen (secondary N) is 1. The van der Waals surface area contributed by atoms with Gasteiger partial charge in [0, 0.05) is 22.9 Å². The first-order valence-corrected chi connectivity index (χ1v) is 6.86. The van der Waals surface area contributed by atoms with Gasteiger partial charge in [-0.3, -0.25) is 0 Å². The molecule has 0 aliphatic heterocycles. The highest BCUT2D eigenvalue weighted by Gasteiger charge is 2.22. The average Bonchev–Trinajstić information content (AvgIpc) is 2.55. The van der Waals surface area contributed by atoms with Gasteiger partial charge in [-0.15, -0.1) is 11.3 Å².